The molecule has 0 aliphatic heterocycles. The molecule has 0 aromatic rings. The van der Waals surface area contributed by atoms with Crippen LogP contribution in [0, 0.1) is 0 Å². The van der Waals surface area contributed by atoms with Crippen LogP contribution in [-0.2, 0) is 19.1 Å². The zero-order valence-electron chi connectivity index (χ0n) is 9.44. The molecule has 0 fully saturated rings. The molecule has 0 N–H and O–H groups in total. The summed E-state index contributed by atoms with van der Waals surface area (Å²) in [5.41, 5.74) is -0.980. The van der Waals surface area contributed by atoms with Crippen molar-refractivity contribution in [1.29, 1.82) is 0 Å². The molecule has 0 spiro atoms. The average Bonchev–Trinajstić information content (AvgIpc) is 2.11. The molecule has 1 unspecified atom stereocenters. The van der Waals surface area contributed by atoms with Crippen molar-refractivity contribution >= 4 is 11.9 Å². The zero-order chi connectivity index (χ0) is 11.9. The highest BCUT2D eigenvalue weighted by Crippen LogP contribution is 2.17. The number of nitrogens with zero attached hydrogens (tertiary/aromatic N) is 2. The molecular formula is C9H16N2O4. The summed E-state index contributed by atoms with van der Waals surface area (Å²) in [7, 11) is 0. The van der Waals surface area contributed by atoms with Crippen molar-refractivity contribution < 1.29 is 19.1 Å². The predicted molar refractivity (Wildman–Crippen MR) is 52.0 cm³/mol. The molecule has 0 aromatic carbocycles. The Balaban J connectivity index is 4.17. The number of rotatable bonds is 5. The highest BCUT2D eigenvalue weighted by molar-refractivity contribution is 5.66. The second-order valence-corrected chi connectivity index (χ2v) is 3.13. The highest BCUT2D eigenvalue weighted by atomic mass is 16.6. The summed E-state index contributed by atoms with van der Waals surface area (Å²) in [6.45, 7) is 5.86. The molecule has 6 heteroatoms. The first-order valence-electron chi connectivity index (χ1n) is 4.61. The summed E-state index contributed by atoms with van der Waals surface area (Å²) in [6, 6.07) is 0. The van der Waals surface area contributed by atoms with E-state index < -0.39 is 17.7 Å². The highest BCUT2D eigenvalue weighted by Gasteiger charge is 2.24. The molecule has 15 heavy (non-hydrogen) atoms. The van der Waals surface area contributed by atoms with E-state index in [4.69, 9.17) is 4.74 Å². The summed E-state index contributed by atoms with van der Waals surface area (Å²) in [4.78, 5) is 21.2. The number of carbonyl (C=O) groups is 2. The molecule has 6 nitrogen and oxygen atoms in total. The predicted octanol–water partition coefficient (Wildman–Crippen LogP) is 1.65. The molecule has 0 radical (unpaired) electrons. The minimum absolute atomic E-state index is 0.161. The van der Waals surface area contributed by atoms with E-state index in [0.29, 0.717) is 6.42 Å². The lowest BCUT2D eigenvalue weighted by Crippen LogP contribution is -2.27. The van der Waals surface area contributed by atoms with E-state index in [1.54, 1.807) is 6.92 Å². The Bertz CT molecular complexity index is 265. The smallest absolute Gasteiger partial charge is 0.304 e. The van der Waals surface area contributed by atoms with Gasteiger partial charge in [0, 0.05) is 20.3 Å². The van der Waals surface area contributed by atoms with E-state index in [9.17, 15) is 9.59 Å². The third kappa shape index (κ3) is 6.59. The maximum atomic E-state index is 10.7. The van der Waals surface area contributed by atoms with Crippen LogP contribution in [0.2, 0.25) is 0 Å². The first-order valence-corrected chi connectivity index (χ1v) is 4.61. The Morgan fingerprint density at radius 2 is 1.87 bits per heavy atom. The van der Waals surface area contributed by atoms with Gasteiger partial charge in [-0.3, -0.25) is 9.59 Å². The van der Waals surface area contributed by atoms with Crippen LogP contribution in [0.15, 0.2) is 10.2 Å². The molecular weight excluding hydrogens is 200 g/mol. The van der Waals surface area contributed by atoms with Gasteiger partial charge < -0.3 is 9.47 Å². The monoisotopic (exact) mass is 216 g/mol. The number of ether oxygens (including phenoxy) is 2. The second-order valence-electron chi connectivity index (χ2n) is 3.13. The van der Waals surface area contributed by atoms with Crippen LogP contribution in [0.5, 0.6) is 0 Å². The molecule has 0 rings (SSSR count). The molecule has 0 bridgehead atoms. The summed E-state index contributed by atoms with van der Waals surface area (Å²) >= 11 is 0. The van der Waals surface area contributed by atoms with Gasteiger partial charge in [0.25, 0.3) is 0 Å². The van der Waals surface area contributed by atoms with Crippen LogP contribution in [0.3, 0.4) is 0 Å². The lowest BCUT2D eigenvalue weighted by molar-refractivity contribution is -0.156. The van der Waals surface area contributed by atoms with E-state index in [-0.39, 0.29) is 6.73 Å². The van der Waals surface area contributed by atoms with E-state index in [2.05, 4.69) is 15.0 Å². The maximum Gasteiger partial charge on any atom is 0.304 e. The molecule has 0 saturated carbocycles. The molecule has 0 aromatic heterocycles. The molecule has 0 aliphatic rings. The Hall–Kier alpha value is -1.46. The van der Waals surface area contributed by atoms with Crippen LogP contribution >= 0.6 is 0 Å². The lowest BCUT2D eigenvalue weighted by Gasteiger charge is -2.21. The third-order valence-electron chi connectivity index (χ3n) is 1.63. The summed E-state index contributed by atoms with van der Waals surface area (Å²) in [5.74, 6) is -0.856. The van der Waals surface area contributed by atoms with Gasteiger partial charge in [0.05, 0.1) is 0 Å². The largest absolute Gasteiger partial charge is 0.441 e. The van der Waals surface area contributed by atoms with Crippen molar-refractivity contribution in [3.05, 3.63) is 0 Å². The van der Waals surface area contributed by atoms with Gasteiger partial charge in [-0.2, -0.15) is 0 Å². The number of hydrogen-bond acceptors (Lipinski definition) is 6. The molecule has 86 valence electrons. The van der Waals surface area contributed by atoms with Crippen molar-refractivity contribution in [2.45, 2.75) is 39.8 Å². The molecule has 0 amide bonds. The van der Waals surface area contributed by atoms with Crippen molar-refractivity contribution in [2.24, 2.45) is 10.2 Å². The van der Waals surface area contributed by atoms with Crippen LogP contribution < -0.4 is 0 Å². The fourth-order valence-electron chi connectivity index (χ4n) is 0.771. The topological polar surface area (TPSA) is 77.3 Å². The average molecular weight is 216 g/mol. The number of carbonyl (C=O) groups excluding carboxylic acids is 2. The fourth-order valence-corrected chi connectivity index (χ4v) is 0.771. The molecule has 1 atom stereocenters. The number of esters is 2. The lowest BCUT2D eigenvalue weighted by atomic mass is 10.2. The fraction of sp³-hybridized carbons (Fsp3) is 0.778. The summed E-state index contributed by atoms with van der Waals surface area (Å²) in [5, 5.41) is 7.40. The van der Waals surface area contributed by atoms with Crippen molar-refractivity contribution in [3.63, 3.8) is 0 Å². The van der Waals surface area contributed by atoms with E-state index in [1.165, 1.54) is 13.8 Å². The van der Waals surface area contributed by atoms with Crippen LogP contribution in [0.4, 0.5) is 0 Å². The first kappa shape index (κ1) is 13.5. The maximum absolute atomic E-state index is 10.7. The van der Waals surface area contributed by atoms with Gasteiger partial charge >= 0.3 is 11.9 Å². The molecule has 0 aliphatic carbocycles. The summed E-state index contributed by atoms with van der Waals surface area (Å²) < 4.78 is 9.50. The Morgan fingerprint density at radius 3 is 2.27 bits per heavy atom. The van der Waals surface area contributed by atoms with E-state index in [1.807, 2.05) is 6.92 Å². The summed E-state index contributed by atoms with van der Waals surface area (Å²) in [6.07, 6.45) is 0.496. The van der Waals surface area contributed by atoms with Gasteiger partial charge in [-0.25, -0.2) is 0 Å². The van der Waals surface area contributed by atoms with Crippen LogP contribution in [-0.4, -0.2) is 24.4 Å². The second kappa shape index (κ2) is 6.10. The van der Waals surface area contributed by atoms with E-state index >= 15 is 0 Å². The Kier molecular flexibility index (Phi) is 5.51. The third-order valence-corrected chi connectivity index (χ3v) is 1.63. The SMILES string of the molecule is CCC(C)(/N=N/COC(C)=O)OC(C)=O. The van der Waals surface area contributed by atoms with Crippen LogP contribution in [0.1, 0.15) is 34.1 Å². The molecule has 0 saturated heterocycles. The van der Waals surface area contributed by atoms with Gasteiger partial charge in [0.1, 0.15) is 0 Å². The van der Waals surface area contributed by atoms with E-state index in [0.717, 1.165) is 0 Å². The minimum Gasteiger partial charge on any atom is -0.441 e. The Labute approximate surface area is 88.7 Å². The van der Waals surface area contributed by atoms with Gasteiger partial charge in [-0.15, -0.1) is 10.2 Å². The van der Waals surface area contributed by atoms with Gasteiger partial charge in [-0.05, 0) is 6.92 Å². The minimum atomic E-state index is -0.980. The molecule has 0 heterocycles. The van der Waals surface area contributed by atoms with Gasteiger partial charge in [0.2, 0.25) is 12.5 Å². The van der Waals surface area contributed by atoms with Crippen LogP contribution in [0.25, 0.3) is 0 Å². The normalized spacial score (nSPS) is 14.7. The number of hydrogen-bond donors (Lipinski definition) is 0. The first-order chi connectivity index (χ1) is 6.89. The zero-order valence-corrected chi connectivity index (χ0v) is 9.44. The quantitative estimate of drug-likeness (QED) is 0.517. The van der Waals surface area contributed by atoms with Crippen molar-refractivity contribution in [1.82, 2.24) is 0 Å². The Morgan fingerprint density at radius 1 is 1.27 bits per heavy atom. The van der Waals surface area contributed by atoms with Gasteiger partial charge in [-0.1, -0.05) is 6.92 Å². The standard InChI is InChI=1S/C9H16N2O4/c1-5-9(4,15-8(3)13)11-10-6-14-7(2)12/h5-6H2,1-4H3/b11-10+. The van der Waals surface area contributed by atoms with Crippen molar-refractivity contribution in [3.8, 4) is 0 Å². The number of azo groups is 1. The van der Waals surface area contributed by atoms with Gasteiger partial charge in [0.15, 0.2) is 0 Å². The van der Waals surface area contributed by atoms with Crippen molar-refractivity contribution in [2.75, 3.05) is 6.73 Å².